The molecule has 3 unspecified atom stereocenters. The Hall–Kier alpha value is -0.650. The monoisotopic (exact) mass is 364 g/mol. The average Bonchev–Trinajstić information content (AvgIpc) is 2.33. The molecule has 1 aliphatic heterocycles. The van der Waals surface area contributed by atoms with E-state index in [1.165, 1.54) is 18.2 Å². The van der Waals surface area contributed by atoms with Crippen molar-refractivity contribution in [2.75, 3.05) is 6.54 Å². The van der Waals surface area contributed by atoms with Crippen LogP contribution in [0, 0.1) is 11.7 Å². The maximum atomic E-state index is 13.0. The van der Waals surface area contributed by atoms with Crippen molar-refractivity contribution in [1.82, 2.24) is 10.6 Å². The van der Waals surface area contributed by atoms with Gasteiger partial charge in [-0.3, -0.25) is 4.79 Å². The zero-order valence-electron chi connectivity index (χ0n) is 11.5. The van der Waals surface area contributed by atoms with Crippen LogP contribution in [0.4, 0.5) is 4.39 Å². The Labute approximate surface area is 133 Å². The fourth-order valence-electron chi connectivity index (χ4n) is 2.51. The van der Waals surface area contributed by atoms with Gasteiger partial charge in [-0.2, -0.15) is 0 Å². The lowest BCUT2D eigenvalue weighted by Crippen LogP contribution is -2.55. The first kappa shape index (κ1) is 17.4. The Morgan fingerprint density at radius 2 is 2.15 bits per heavy atom. The number of rotatable bonds is 2. The van der Waals surface area contributed by atoms with Crippen LogP contribution in [0.25, 0.3) is 0 Å². The third-order valence-electron chi connectivity index (χ3n) is 3.69. The molecule has 1 aliphatic rings. The van der Waals surface area contributed by atoms with Crippen LogP contribution in [0.2, 0.25) is 0 Å². The molecule has 0 aliphatic carbocycles. The maximum absolute atomic E-state index is 13.0. The van der Waals surface area contributed by atoms with Gasteiger partial charge in [-0.15, -0.1) is 12.4 Å². The molecule has 1 aromatic rings. The van der Waals surface area contributed by atoms with Crippen LogP contribution in [-0.4, -0.2) is 24.5 Å². The van der Waals surface area contributed by atoms with Crippen LogP contribution in [-0.2, 0) is 0 Å². The van der Waals surface area contributed by atoms with Crippen LogP contribution >= 0.6 is 28.3 Å². The second-order valence-electron chi connectivity index (χ2n) is 5.13. The lowest BCUT2D eigenvalue weighted by molar-refractivity contribution is 0.0897. The highest BCUT2D eigenvalue weighted by molar-refractivity contribution is 9.10. The molecule has 1 amide bonds. The topological polar surface area (TPSA) is 41.1 Å². The van der Waals surface area contributed by atoms with E-state index in [0.29, 0.717) is 16.0 Å². The van der Waals surface area contributed by atoms with Gasteiger partial charge in [-0.05, 0) is 59.9 Å². The summed E-state index contributed by atoms with van der Waals surface area (Å²) in [5.74, 6) is -0.0943. The van der Waals surface area contributed by atoms with Crippen LogP contribution < -0.4 is 10.6 Å². The van der Waals surface area contributed by atoms with Crippen molar-refractivity contribution < 1.29 is 9.18 Å². The molecule has 0 radical (unpaired) electrons. The van der Waals surface area contributed by atoms with Gasteiger partial charge in [0.1, 0.15) is 5.82 Å². The standard InChI is InChI=1S/C14H18BrFN2O.ClH/c1-8-5-6-17-9(2)13(8)18-14(19)11-4-3-10(16)7-12(11)15;/h3-4,7-9,13,17H,5-6H2,1-2H3,(H,18,19);1H. The number of halogens is 3. The van der Waals surface area contributed by atoms with Crippen LogP contribution in [0.3, 0.4) is 0 Å². The lowest BCUT2D eigenvalue weighted by atomic mass is 9.89. The summed E-state index contributed by atoms with van der Waals surface area (Å²) in [7, 11) is 0. The van der Waals surface area contributed by atoms with Crippen molar-refractivity contribution >= 4 is 34.2 Å². The third-order valence-corrected chi connectivity index (χ3v) is 4.35. The molecule has 2 N–H and O–H groups in total. The van der Waals surface area contributed by atoms with Gasteiger partial charge >= 0.3 is 0 Å². The Bertz CT molecular complexity index is 476. The molecule has 0 spiro atoms. The first-order valence-corrected chi connectivity index (χ1v) is 7.27. The fraction of sp³-hybridized carbons (Fsp3) is 0.500. The summed E-state index contributed by atoms with van der Waals surface area (Å²) in [6, 6.07) is 4.44. The molecule has 0 bridgehead atoms. The average molecular weight is 366 g/mol. The SMILES string of the molecule is CC1CCNC(C)C1NC(=O)c1ccc(F)cc1Br.Cl. The molecule has 1 fully saturated rings. The minimum Gasteiger partial charge on any atom is -0.347 e. The molecule has 1 heterocycles. The molecular weight excluding hydrogens is 347 g/mol. The molecule has 0 saturated carbocycles. The highest BCUT2D eigenvalue weighted by Crippen LogP contribution is 2.20. The number of amides is 1. The van der Waals surface area contributed by atoms with E-state index in [9.17, 15) is 9.18 Å². The van der Waals surface area contributed by atoms with Crippen molar-refractivity contribution in [3.8, 4) is 0 Å². The van der Waals surface area contributed by atoms with Crippen LogP contribution in [0.15, 0.2) is 22.7 Å². The predicted molar refractivity (Wildman–Crippen MR) is 83.8 cm³/mol. The normalized spacial score (nSPS) is 25.7. The highest BCUT2D eigenvalue weighted by atomic mass is 79.9. The van der Waals surface area contributed by atoms with Gasteiger partial charge in [0.25, 0.3) is 5.91 Å². The van der Waals surface area contributed by atoms with Crippen molar-refractivity contribution in [2.45, 2.75) is 32.4 Å². The molecule has 1 saturated heterocycles. The minimum atomic E-state index is -0.357. The molecule has 2 rings (SSSR count). The predicted octanol–water partition coefficient (Wildman–Crippen LogP) is 3.13. The van der Waals surface area contributed by atoms with Crippen molar-refractivity contribution in [2.24, 2.45) is 5.92 Å². The van der Waals surface area contributed by atoms with Gasteiger partial charge < -0.3 is 10.6 Å². The Kier molecular flexibility index (Phi) is 6.43. The largest absolute Gasteiger partial charge is 0.347 e. The number of piperidine rings is 1. The Balaban J connectivity index is 0.00000200. The van der Waals surface area contributed by atoms with Gasteiger partial charge in [0, 0.05) is 16.6 Å². The number of nitrogens with one attached hydrogen (secondary N) is 2. The number of benzene rings is 1. The zero-order valence-corrected chi connectivity index (χ0v) is 13.9. The number of carbonyl (C=O) groups excluding carboxylic acids is 1. The fourth-order valence-corrected chi connectivity index (χ4v) is 3.04. The maximum Gasteiger partial charge on any atom is 0.252 e. The van der Waals surface area contributed by atoms with Gasteiger partial charge in [0.15, 0.2) is 0 Å². The van der Waals surface area contributed by atoms with Crippen molar-refractivity contribution in [3.05, 3.63) is 34.1 Å². The summed E-state index contributed by atoms with van der Waals surface area (Å²) in [6.07, 6.45) is 1.04. The summed E-state index contributed by atoms with van der Waals surface area (Å²) in [5, 5.41) is 6.40. The van der Waals surface area contributed by atoms with E-state index in [1.807, 2.05) is 0 Å². The van der Waals surface area contributed by atoms with Crippen molar-refractivity contribution in [3.63, 3.8) is 0 Å². The Morgan fingerprint density at radius 3 is 2.75 bits per heavy atom. The van der Waals surface area contributed by atoms with E-state index in [1.54, 1.807) is 0 Å². The summed E-state index contributed by atoms with van der Waals surface area (Å²) in [4.78, 5) is 12.2. The highest BCUT2D eigenvalue weighted by Gasteiger charge is 2.29. The molecule has 1 aromatic carbocycles. The quantitative estimate of drug-likeness (QED) is 0.845. The molecule has 0 aromatic heterocycles. The number of hydrogen-bond acceptors (Lipinski definition) is 2. The van der Waals surface area contributed by atoms with E-state index in [4.69, 9.17) is 0 Å². The van der Waals surface area contributed by atoms with Crippen molar-refractivity contribution in [1.29, 1.82) is 0 Å². The van der Waals surface area contributed by atoms with Gasteiger partial charge in [0.05, 0.1) is 5.56 Å². The molecule has 20 heavy (non-hydrogen) atoms. The first-order valence-electron chi connectivity index (χ1n) is 6.48. The van der Waals surface area contributed by atoms with Gasteiger partial charge in [0.2, 0.25) is 0 Å². The number of carbonyl (C=O) groups is 1. The Morgan fingerprint density at radius 1 is 1.45 bits per heavy atom. The third kappa shape index (κ3) is 3.93. The van der Waals surface area contributed by atoms with E-state index in [0.717, 1.165) is 13.0 Å². The summed E-state index contributed by atoms with van der Waals surface area (Å²) in [5.41, 5.74) is 0.464. The smallest absolute Gasteiger partial charge is 0.252 e. The van der Waals surface area contributed by atoms with Gasteiger partial charge in [-0.1, -0.05) is 6.92 Å². The second-order valence-corrected chi connectivity index (χ2v) is 5.99. The van der Waals surface area contributed by atoms with E-state index >= 15 is 0 Å². The minimum absolute atomic E-state index is 0. The molecule has 3 nitrogen and oxygen atoms in total. The molecule has 112 valence electrons. The van der Waals surface area contributed by atoms with E-state index in [-0.39, 0.29) is 36.2 Å². The number of hydrogen-bond donors (Lipinski definition) is 2. The lowest BCUT2D eigenvalue weighted by Gasteiger charge is -2.36. The summed E-state index contributed by atoms with van der Waals surface area (Å²) >= 11 is 3.23. The summed E-state index contributed by atoms with van der Waals surface area (Å²) in [6.45, 7) is 5.19. The van der Waals surface area contributed by atoms with E-state index in [2.05, 4.69) is 40.4 Å². The summed E-state index contributed by atoms with van der Waals surface area (Å²) < 4.78 is 13.5. The second kappa shape index (κ2) is 7.38. The van der Waals surface area contributed by atoms with Crippen LogP contribution in [0.1, 0.15) is 30.6 Å². The molecule has 6 heteroatoms. The molecule has 3 atom stereocenters. The van der Waals surface area contributed by atoms with Crippen LogP contribution in [0.5, 0.6) is 0 Å². The first-order chi connectivity index (χ1) is 8.99. The zero-order chi connectivity index (χ0) is 14.0. The molecular formula is C14H19BrClFN2O. The van der Waals surface area contributed by atoms with Gasteiger partial charge in [-0.25, -0.2) is 4.39 Å². The van der Waals surface area contributed by atoms with E-state index < -0.39 is 0 Å².